The Morgan fingerprint density at radius 3 is 0.940 bits per heavy atom. The van der Waals surface area contributed by atoms with E-state index in [4.69, 9.17) is 2.74 Å². The Hall–Kier alpha value is -7.99. The van der Waals surface area contributed by atoms with Crippen LogP contribution in [0.5, 0.6) is 0 Å². The summed E-state index contributed by atoms with van der Waals surface area (Å²) in [6.07, 6.45) is 0. The van der Waals surface area contributed by atoms with Gasteiger partial charge in [-0.25, -0.2) is 8.78 Å². The van der Waals surface area contributed by atoms with Crippen LogP contribution >= 0.6 is 0 Å². The van der Waals surface area contributed by atoms with E-state index in [9.17, 15) is 11.0 Å². The Labute approximate surface area is 514 Å². The molecule has 0 amide bonds. The summed E-state index contributed by atoms with van der Waals surface area (Å²) in [5.74, 6) is -1.40. The standard InChI is InChI=1S/C76H74F2N2Si4/c1-81(2,3)67-35-23-19-31-55(67)57-45-47-63(77)75(73(57)61-33-21-25-37-69(61)83(7,8)9)79(53-27-15-13-16-28-53)65-49-41-51-40-44-60-66(50-42-52-39-43-59(65)71(51)72(52)60)80(54-29-17-14-18-30-54)76-64(78)48-46-58(56-32-20-24-36-68(56)82(4,5)6)74(76)62-34-22-26-38-70(62)84(10,11)12/h13-50H,1-12H3/i13D,14D,15D,16D,17D,18D,27D,28D,29D,30D. The van der Waals surface area contributed by atoms with E-state index in [1.807, 2.05) is 97.1 Å². The van der Waals surface area contributed by atoms with E-state index in [1.54, 1.807) is 24.3 Å². The number of benzene rings is 12. The summed E-state index contributed by atoms with van der Waals surface area (Å²) in [6.45, 7) is 27.0. The van der Waals surface area contributed by atoms with Crippen LogP contribution in [-0.4, -0.2) is 32.3 Å². The van der Waals surface area contributed by atoms with Crippen LogP contribution in [0.1, 0.15) is 13.7 Å². The molecular formula is C76H74F2N2Si4. The Kier molecular flexibility index (Phi) is 11.7. The van der Waals surface area contributed by atoms with E-state index < -0.39 is 104 Å². The molecule has 12 aromatic rings. The lowest BCUT2D eigenvalue weighted by atomic mass is 9.89. The fraction of sp³-hybridized carbons (Fsp3) is 0.158. The lowest BCUT2D eigenvalue weighted by Gasteiger charge is -2.34. The van der Waals surface area contributed by atoms with Crippen LogP contribution < -0.4 is 30.5 Å². The van der Waals surface area contributed by atoms with Crippen LogP contribution in [0.2, 0.25) is 78.6 Å². The van der Waals surface area contributed by atoms with Crippen molar-refractivity contribution in [1.82, 2.24) is 0 Å². The van der Waals surface area contributed by atoms with Gasteiger partial charge in [-0.15, -0.1) is 0 Å². The van der Waals surface area contributed by atoms with Gasteiger partial charge in [-0.2, -0.15) is 0 Å². The average molecular weight is 1180 g/mol. The molecule has 0 aliphatic heterocycles. The molecule has 0 atom stereocenters. The van der Waals surface area contributed by atoms with Gasteiger partial charge in [0.05, 0.1) is 68.8 Å². The molecule has 8 heteroatoms. The molecule has 12 rings (SSSR count). The van der Waals surface area contributed by atoms with Crippen molar-refractivity contribution >= 4 is 119 Å². The van der Waals surface area contributed by atoms with Gasteiger partial charge < -0.3 is 9.80 Å². The molecule has 2 nitrogen and oxygen atoms in total. The summed E-state index contributed by atoms with van der Waals surface area (Å²) in [7, 11) is -8.97. The smallest absolute Gasteiger partial charge is 0.147 e. The molecule has 0 saturated carbocycles. The molecule has 0 bridgehead atoms. The third kappa shape index (κ3) is 10.1. The minimum atomic E-state index is -2.32. The molecule has 0 N–H and O–H groups in total. The van der Waals surface area contributed by atoms with Crippen molar-refractivity contribution in [3.05, 3.63) is 242 Å². The van der Waals surface area contributed by atoms with Gasteiger partial charge in [0.1, 0.15) is 11.6 Å². The van der Waals surface area contributed by atoms with Crippen molar-refractivity contribution in [2.24, 2.45) is 0 Å². The molecule has 0 aromatic heterocycles. The Morgan fingerprint density at radius 1 is 0.310 bits per heavy atom. The van der Waals surface area contributed by atoms with E-state index in [0.717, 1.165) is 43.0 Å². The Balaban J connectivity index is 1.26. The number of anilines is 6. The molecule has 0 unspecified atom stereocenters. The highest BCUT2D eigenvalue weighted by atomic mass is 28.3. The number of rotatable bonds is 14. The van der Waals surface area contributed by atoms with Crippen molar-refractivity contribution in [3.63, 3.8) is 0 Å². The summed E-state index contributed by atoms with van der Waals surface area (Å²) in [5, 5.41) is 7.99. The SMILES string of the molecule is [2H]c1c([2H])c([2H])c(N(c2c(F)ccc(-c3ccccc3[Si](C)(C)C)c2-c2ccccc2[Si](C)(C)C)c2ccc3ccc4c(N(c5c([2H])c([2H])c([2H])c([2H])c5[2H])c5c(F)ccc(-c6ccccc6[Si](C)(C)C)c5-c5ccccc5[Si](C)(C)C)ccc5ccc2c3c54)c([2H])c1[2H]. The van der Waals surface area contributed by atoms with Gasteiger partial charge in [-0.3, -0.25) is 0 Å². The highest BCUT2D eigenvalue weighted by Crippen LogP contribution is 2.53. The predicted molar refractivity (Wildman–Crippen MR) is 373 cm³/mol. The minimum Gasteiger partial charge on any atom is -0.307 e. The molecule has 0 fully saturated rings. The predicted octanol–water partition coefficient (Wildman–Crippen LogP) is 20.7. The maximum atomic E-state index is 18.7. The topological polar surface area (TPSA) is 6.48 Å². The van der Waals surface area contributed by atoms with Crippen LogP contribution in [0.3, 0.4) is 0 Å². The first kappa shape index (κ1) is 45.4. The molecule has 0 saturated heterocycles. The first-order chi connectivity index (χ1) is 44.2. The second-order valence-electron chi connectivity index (χ2n) is 26.0. The third-order valence-corrected chi connectivity index (χ3v) is 24.5. The zero-order valence-electron chi connectivity index (χ0n) is 59.8. The van der Waals surface area contributed by atoms with Gasteiger partial charge in [0.2, 0.25) is 0 Å². The summed E-state index contributed by atoms with van der Waals surface area (Å²) >= 11 is 0. The molecule has 0 aliphatic carbocycles. The Bertz CT molecular complexity index is 4720. The van der Waals surface area contributed by atoms with E-state index in [2.05, 4.69) is 115 Å². The molecular weight excluding hydrogens is 1090 g/mol. The Morgan fingerprint density at radius 2 is 0.607 bits per heavy atom. The molecule has 0 aliphatic rings. The molecule has 418 valence electrons. The van der Waals surface area contributed by atoms with Gasteiger partial charge in [0, 0.05) is 33.3 Å². The van der Waals surface area contributed by atoms with Gasteiger partial charge in [-0.05, 0) is 103 Å². The highest BCUT2D eigenvalue weighted by Gasteiger charge is 2.34. The van der Waals surface area contributed by atoms with Crippen LogP contribution in [0.4, 0.5) is 42.9 Å². The summed E-state index contributed by atoms with van der Waals surface area (Å²) < 4.78 is 132. The zero-order valence-corrected chi connectivity index (χ0v) is 53.8. The first-order valence-corrected chi connectivity index (χ1v) is 42.7. The fourth-order valence-electron chi connectivity index (χ4n) is 12.6. The molecule has 0 spiro atoms. The van der Waals surface area contributed by atoms with E-state index in [0.29, 0.717) is 65.9 Å². The molecule has 12 aromatic carbocycles. The van der Waals surface area contributed by atoms with Crippen molar-refractivity contribution in [3.8, 4) is 44.5 Å². The fourth-order valence-corrected chi connectivity index (χ4v) is 19.1. The average Bonchev–Trinajstić information content (AvgIpc) is 0.714. The number of nitrogens with zero attached hydrogens (tertiary/aromatic N) is 2. The molecule has 84 heavy (non-hydrogen) atoms. The largest absolute Gasteiger partial charge is 0.307 e. The second kappa shape index (κ2) is 21.6. The summed E-state index contributed by atoms with van der Waals surface area (Å²) in [4.78, 5) is 3.05. The van der Waals surface area contributed by atoms with Crippen LogP contribution in [0.25, 0.3) is 76.8 Å². The summed E-state index contributed by atoms with van der Waals surface area (Å²) in [5.41, 5.74) is 5.67. The number of halogens is 2. The minimum absolute atomic E-state index is 0.0209. The van der Waals surface area contributed by atoms with Crippen LogP contribution in [0, 0.1) is 11.6 Å². The molecule has 0 radical (unpaired) electrons. The van der Waals surface area contributed by atoms with Gasteiger partial charge >= 0.3 is 0 Å². The monoisotopic (exact) mass is 1170 g/mol. The van der Waals surface area contributed by atoms with Gasteiger partial charge in [0.15, 0.2) is 0 Å². The van der Waals surface area contributed by atoms with Crippen molar-refractivity contribution in [2.45, 2.75) is 78.6 Å². The van der Waals surface area contributed by atoms with E-state index >= 15 is 8.78 Å². The summed E-state index contributed by atoms with van der Waals surface area (Å²) in [6, 6.07) is 48.0. The van der Waals surface area contributed by atoms with E-state index in [-0.39, 0.29) is 22.7 Å². The van der Waals surface area contributed by atoms with Crippen molar-refractivity contribution in [1.29, 1.82) is 0 Å². The van der Waals surface area contributed by atoms with Gasteiger partial charge in [0.25, 0.3) is 0 Å². The number of hydrogen-bond donors (Lipinski definition) is 0. The number of hydrogen-bond acceptors (Lipinski definition) is 2. The van der Waals surface area contributed by atoms with Crippen molar-refractivity contribution in [2.75, 3.05) is 9.80 Å². The third-order valence-electron chi connectivity index (χ3n) is 16.3. The number of para-hydroxylation sites is 2. The normalized spacial score (nSPS) is 14.1. The van der Waals surface area contributed by atoms with Crippen molar-refractivity contribution < 1.29 is 22.5 Å². The van der Waals surface area contributed by atoms with Crippen LogP contribution in [-0.2, 0) is 0 Å². The lowest BCUT2D eigenvalue weighted by Crippen LogP contribution is -2.40. The maximum absolute atomic E-state index is 18.7. The quantitative estimate of drug-likeness (QED) is 0.0791. The van der Waals surface area contributed by atoms with Crippen LogP contribution in [0.15, 0.2) is 230 Å². The van der Waals surface area contributed by atoms with Gasteiger partial charge in [-0.1, -0.05) is 281 Å². The van der Waals surface area contributed by atoms with E-state index in [1.165, 1.54) is 21.9 Å². The zero-order chi connectivity index (χ0) is 67.7. The second-order valence-corrected chi connectivity index (χ2v) is 46.2. The highest BCUT2D eigenvalue weighted by molar-refractivity contribution is 6.91. The maximum Gasteiger partial charge on any atom is 0.147 e. The lowest BCUT2D eigenvalue weighted by molar-refractivity contribution is 0.629. The first-order valence-electron chi connectivity index (χ1n) is 33.7. The molecule has 0 heterocycles.